The van der Waals surface area contributed by atoms with Gasteiger partial charge in [-0.05, 0) is 72.1 Å². The van der Waals surface area contributed by atoms with Crippen molar-refractivity contribution in [1.82, 2.24) is 4.90 Å². The Labute approximate surface area is 202 Å². The fourth-order valence-electron chi connectivity index (χ4n) is 5.30. The van der Waals surface area contributed by atoms with Crippen LogP contribution < -0.4 is 0 Å². The molecule has 0 saturated heterocycles. The van der Waals surface area contributed by atoms with Crippen molar-refractivity contribution in [3.8, 4) is 0 Å². The second-order valence-electron chi connectivity index (χ2n) is 12.7. The number of aliphatic hydroxyl groups excluding tert-OH is 1. The topological polar surface area (TPSA) is 49.8 Å². The van der Waals surface area contributed by atoms with Gasteiger partial charge in [-0.3, -0.25) is 9.69 Å². The van der Waals surface area contributed by atoms with Crippen LogP contribution in [0.3, 0.4) is 0 Å². The van der Waals surface area contributed by atoms with Gasteiger partial charge in [0.25, 0.3) is 0 Å². The molecule has 2 aliphatic carbocycles. The summed E-state index contributed by atoms with van der Waals surface area (Å²) < 4.78 is 6.17. The molecule has 0 radical (unpaired) electrons. The number of benzene rings is 1. The summed E-state index contributed by atoms with van der Waals surface area (Å²) in [5.41, 5.74) is 3.15. The van der Waals surface area contributed by atoms with Gasteiger partial charge < -0.3 is 9.53 Å². The number of carbonyl (C=O) groups is 1. The maximum Gasteiger partial charge on any atom is 0.192 e. The summed E-state index contributed by atoms with van der Waals surface area (Å²) >= 11 is 0. The first-order valence-electron chi connectivity index (χ1n) is 12.4. The Morgan fingerprint density at radius 1 is 1.21 bits per heavy atom. The van der Waals surface area contributed by atoms with Gasteiger partial charge in [0.2, 0.25) is 0 Å². The molecule has 1 aromatic carbocycles. The summed E-state index contributed by atoms with van der Waals surface area (Å²) in [4.78, 5) is 15.2. The van der Waals surface area contributed by atoms with Gasteiger partial charge in [0.05, 0.1) is 12.7 Å². The minimum Gasteiger partial charge on any atom is -0.414 e. The highest BCUT2D eigenvalue weighted by Gasteiger charge is 2.63. The molecule has 184 valence electrons. The molecule has 0 amide bonds. The number of nitrogens with zero attached hydrogens (tertiary/aromatic N) is 1. The van der Waals surface area contributed by atoms with E-state index in [1.54, 1.807) is 0 Å². The standard InChI is InChI=1S/C28H45NO3Si/c1-26(2,3)33(8,9)32-19-22(30)18-29(7)17-21-12-10-20(11-13-21)16-23-24-14-15-28(6,25(23)31)27(24,4)5/h10-13,16,22,24,30H,14-15,17-19H2,1-9H3/b23-16-. The Balaban J connectivity index is 1.56. The summed E-state index contributed by atoms with van der Waals surface area (Å²) in [6, 6.07) is 8.49. The molecule has 2 aliphatic rings. The minimum atomic E-state index is -1.85. The predicted octanol–water partition coefficient (Wildman–Crippen LogP) is 5.91. The molecule has 0 spiro atoms. The Hall–Kier alpha value is -1.27. The first-order chi connectivity index (χ1) is 15.1. The monoisotopic (exact) mass is 471 g/mol. The second-order valence-corrected chi connectivity index (χ2v) is 17.5. The maximum absolute atomic E-state index is 13.1. The van der Waals surface area contributed by atoms with Crippen LogP contribution in [0.15, 0.2) is 29.8 Å². The van der Waals surface area contributed by atoms with Crippen molar-refractivity contribution in [1.29, 1.82) is 0 Å². The average molecular weight is 472 g/mol. The lowest BCUT2D eigenvalue weighted by Gasteiger charge is -2.37. The zero-order chi connectivity index (χ0) is 24.8. The molecule has 5 heteroatoms. The number of hydrogen-bond donors (Lipinski definition) is 1. The molecule has 2 fully saturated rings. The fraction of sp³-hybridized carbons (Fsp3) is 0.679. The van der Waals surface area contributed by atoms with Crippen molar-refractivity contribution < 1.29 is 14.3 Å². The van der Waals surface area contributed by atoms with E-state index in [0.29, 0.717) is 24.9 Å². The molecule has 3 rings (SSSR count). The number of rotatable bonds is 8. The lowest BCUT2D eigenvalue weighted by molar-refractivity contribution is -0.125. The van der Waals surface area contributed by atoms with E-state index in [4.69, 9.17) is 4.43 Å². The third-order valence-corrected chi connectivity index (χ3v) is 13.6. The summed E-state index contributed by atoms with van der Waals surface area (Å²) in [5.74, 6) is 0.720. The van der Waals surface area contributed by atoms with Crippen LogP contribution in [0.25, 0.3) is 6.08 Å². The van der Waals surface area contributed by atoms with Gasteiger partial charge in [0.15, 0.2) is 14.1 Å². The zero-order valence-corrected chi connectivity index (χ0v) is 23.3. The predicted molar refractivity (Wildman–Crippen MR) is 140 cm³/mol. The number of fused-ring (bicyclic) bond motifs is 2. The van der Waals surface area contributed by atoms with E-state index in [1.807, 2.05) is 7.05 Å². The normalized spacial score (nSPS) is 27.1. The SMILES string of the molecule is CN(Cc1ccc(/C=C2\C(=O)C3(C)CCC2C3(C)C)cc1)CC(O)CO[Si](C)(C)C(C)(C)C. The molecular weight excluding hydrogens is 426 g/mol. The Kier molecular flexibility index (Phi) is 7.23. The molecule has 4 nitrogen and oxygen atoms in total. The molecule has 3 unspecified atom stereocenters. The van der Waals surface area contributed by atoms with Crippen LogP contribution in [0.5, 0.6) is 0 Å². The molecular formula is C28H45NO3Si. The molecule has 0 heterocycles. The molecule has 3 atom stereocenters. The molecule has 1 aromatic rings. The highest BCUT2D eigenvalue weighted by atomic mass is 28.4. The maximum atomic E-state index is 13.1. The smallest absolute Gasteiger partial charge is 0.192 e. The van der Waals surface area contributed by atoms with Crippen LogP contribution >= 0.6 is 0 Å². The van der Waals surface area contributed by atoms with E-state index in [2.05, 4.69) is 89.9 Å². The quantitative estimate of drug-likeness (QED) is 0.378. The number of carbonyl (C=O) groups excluding carboxylic acids is 1. The van der Waals surface area contributed by atoms with Gasteiger partial charge in [-0.15, -0.1) is 0 Å². The fourth-order valence-corrected chi connectivity index (χ4v) is 6.34. The molecule has 0 aliphatic heterocycles. The van der Waals surface area contributed by atoms with Crippen LogP contribution in [0.2, 0.25) is 18.1 Å². The zero-order valence-electron chi connectivity index (χ0n) is 22.3. The molecule has 2 bridgehead atoms. The van der Waals surface area contributed by atoms with Crippen LogP contribution in [-0.2, 0) is 15.8 Å². The van der Waals surface area contributed by atoms with E-state index >= 15 is 0 Å². The van der Waals surface area contributed by atoms with Crippen LogP contribution in [-0.4, -0.2) is 50.4 Å². The van der Waals surface area contributed by atoms with E-state index in [1.165, 1.54) is 5.56 Å². The largest absolute Gasteiger partial charge is 0.414 e. The highest BCUT2D eigenvalue weighted by molar-refractivity contribution is 6.74. The van der Waals surface area contributed by atoms with Crippen molar-refractivity contribution in [2.24, 2.45) is 16.7 Å². The van der Waals surface area contributed by atoms with Crippen molar-refractivity contribution >= 4 is 20.2 Å². The molecule has 33 heavy (non-hydrogen) atoms. The van der Waals surface area contributed by atoms with Gasteiger partial charge in [0.1, 0.15) is 0 Å². The average Bonchev–Trinajstić information content (AvgIpc) is 3.00. The van der Waals surface area contributed by atoms with Crippen molar-refractivity contribution in [2.45, 2.75) is 85.2 Å². The molecule has 2 saturated carbocycles. The Morgan fingerprint density at radius 3 is 2.33 bits per heavy atom. The van der Waals surface area contributed by atoms with E-state index in [9.17, 15) is 9.90 Å². The molecule has 0 aromatic heterocycles. The summed E-state index contributed by atoms with van der Waals surface area (Å²) in [5, 5.41) is 10.6. The van der Waals surface area contributed by atoms with Crippen molar-refractivity contribution in [3.63, 3.8) is 0 Å². The summed E-state index contributed by atoms with van der Waals surface area (Å²) in [6.45, 7) is 19.5. The van der Waals surface area contributed by atoms with Gasteiger partial charge in [-0.1, -0.05) is 65.8 Å². The van der Waals surface area contributed by atoms with E-state index in [-0.39, 0.29) is 15.9 Å². The lowest BCUT2D eigenvalue weighted by atomic mass is 9.70. The number of hydrogen-bond acceptors (Lipinski definition) is 4. The first kappa shape index (κ1) is 26.3. The van der Waals surface area contributed by atoms with E-state index < -0.39 is 14.4 Å². The second kappa shape index (κ2) is 9.07. The number of Topliss-reactive ketones (excluding diaryl/α,β-unsaturated/α-hetero) is 1. The third-order valence-electron chi connectivity index (χ3n) is 9.08. The summed E-state index contributed by atoms with van der Waals surface area (Å²) in [7, 11) is 0.183. The number of aliphatic hydroxyl groups is 1. The highest BCUT2D eigenvalue weighted by Crippen LogP contribution is 2.65. The number of ketones is 1. The minimum absolute atomic E-state index is 0.0493. The third kappa shape index (κ3) is 5.07. The van der Waals surface area contributed by atoms with Gasteiger partial charge in [-0.25, -0.2) is 0 Å². The van der Waals surface area contributed by atoms with E-state index in [0.717, 1.165) is 30.5 Å². The van der Waals surface area contributed by atoms with Crippen molar-refractivity contribution in [3.05, 3.63) is 41.0 Å². The Morgan fingerprint density at radius 2 is 1.82 bits per heavy atom. The number of likely N-dealkylation sites (N-methyl/N-ethyl adjacent to an activating group) is 1. The number of allylic oxidation sites excluding steroid dienone is 1. The van der Waals surface area contributed by atoms with Gasteiger partial charge in [0, 0.05) is 18.5 Å². The van der Waals surface area contributed by atoms with Crippen LogP contribution in [0.4, 0.5) is 0 Å². The first-order valence-corrected chi connectivity index (χ1v) is 15.4. The Bertz CT molecular complexity index is 897. The van der Waals surface area contributed by atoms with Gasteiger partial charge in [-0.2, -0.15) is 0 Å². The summed E-state index contributed by atoms with van der Waals surface area (Å²) in [6.07, 6.45) is 3.75. The van der Waals surface area contributed by atoms with Crippen molar-refractivity contribution in [2.75, 3.05) is 20.2 Å². The van der Waals surface area contributed by atoms with Gasteiger partial charge >= 0.3 is 0 Å². The van der Waals surface area contributed by atoms with Crippen LogP contribution in [0.1, 0.15) is 65.5 Å². The lowest BCUT2D eigenvalue weighted by Crippen LogP contribution is -2.44. The molecule has 1 N–H and O–H groups in total. The van der Waals surface area contributed by atoms with Crippen LogP contribution in [0, 0.1) is 16.7 Å².